The minimum absolute atomic E-state index is 0.0496. The monoisotopic (exact) mass is 376 g/mol. The highest BCUT2D eigenvalue weighted by atomic mass is 32.2. The van der Waals surface area contributed by atoms with Crippen molar-refractivity contribution in [2.75, 3.05) is 31.2 Å². The van der Waals surface area contributed by atoms with Gasteiger partial charge in [0.1, 0.15) is 12.4 Å². The van der Waals surface area contributed by atoms with E-state index in [0.717, 1.165) is 25.9 Å². The van der Waals surface area contributed by atoms with Gasteiger partial charge < -0.3 is 10.1 Å². The number of benzene rings is 1. The van der Waals surface area contributed by atoms with Crippen LogP contribution >= 0.6 is 0 Å². The summed E-state index contributed by atoms with van der Waals surface area (Å²) in [6.45, 7) is 3.25. The molecule has 136 valence electrons. The second kappa shape index (κ2) is 8.28. The van der Waals surface area contributed by atoms with Crippen LogP contribution in [0.25, 0.3) is 0 Å². The summed E-state index contributed by atoms with van der Waals surface area (Å²) in [5.74, 6) is 0.471. The second-order valence-corrected chi connectivity index (χ2v) is 9.89. The van der Waals surface area contributed by atoms with Crippen molar-refractivity contribution >= 4 is 19.9 Å². The van der Waals surface area contributed by atoms with Crippen LogP contribution in [0.15, 0.2) is 29.2 Å². The maximum absolute atomic E-state index is 12.3. The molecule has 1 heterocycles. The van der Waals surface area contributed by atoms with E-state index in [9.17, 15) is 16.8 Å². The lowest BCUT2D eigenvalue weighted by Crippen LogP contribution is -2.42. The van der Waals surface area contributed by atoms with E-state index in [4.69, 9.17) is 4.74 Å². The van der Waals surface area contributed by atoms with Crippen molar-refractivity contribution in [3.63, 3.8) is 0 Å². The molecule has 0 aliphatic carbocycles. The SMILES string of the molecule is CCS(=O)(=O)CCOc1ccc(S(=O)(=O)NC2CCNCC2)cc1. The van der Waals surface area contributed by atoms with Gasteiger partial charge in [0.15, 0.2) is 9.84 Å². The Morgan fingerprint density at radius 3 is 2.33 bits per heavy atom. The summed E-state index contributed by atoms with van der Waals surface area (Å²) >= 11 is 0. The third-order valence-electron chi connectivity index (χ3n) is 3.90. The maximum atomic E-state index is 12.3. The number of sulfone groups is 1. The van der Waals surface area contributed by atoms with Gasteiger partial charge in [-0.15, -0.1) is 0 Å². The Labute approximate surface area is 143 Å². The average molecular weight is 377 g/mol. The van der Waals surface area contributed by atoms with Gasteiger partial charge in [-0.25, -0.2) is 21.6 Å². The summed E-state index contributed by atoms with van der Waals surface area (Å²) in [6, 6.07) is 5.96. The van der Waals surface area contributed by atoms with Gasteiger partial charge in [-0.2, -0.15) is 0 Å². The van der Waals surface area contributed by atoms with Gasteiger partial charge >= 0.3 is 0 Å². The molecule has 0 aromatic heterocycles. The maximum Gasteiger partial charge on any atom is 0.240 e. The molecule has 7 nitrogen and oxygen atoms in total. The van der Waals surface area contributed by atoms with E-state index in [1.807, 2.05) is 0 Å². The number of hydrogen-bond donors (Lipinski definition) is 2. The molecule has 1 aromatic rings. The minimum Gasteiger partial charge on any atom is -0.493 e. The van der Waals surface area contributed by atoms with E-state index in [2.05, 4.69) is 10.0 Å². The third kappa shape index (κ3) is 5.73. The van der Waals surface area contributed by atoms with Crippen molar-refractivity contribution < 1.29 is 21.6 Å². The van der Waals surface area contributed by atoms with Crippen molar-refractivity contribution in [1.82, 2.24) is 10.0 Å². The van der Waals surface area contributed by atoms with Crippen LogP contribution in [0.3, 0.4) is 0 Å². The fourth-order valence-corrected chi connectivity index (χ4v) is 4.30. The second-order valence-electron chi connectivity index (χ2n) is 5.70. The molecule has 0 saturated carbocycles. The molecule has 1 aliphatic heterocycles. The van der Waals surface area contributed by atoms with Gasteiger partial charge in [0, 0.05) is 11.8 Å². The van der Waals surface area contributed by atoms with E-state index in [1.54, 1.807) is 6.92 Å². The van der Waals surface area contributed by atoms with Crippen molar-refractivity contribution in [3.8, 4) is 5.75 Å². The molecule has 1 fully saturated rings. The van der Waals surface area contributed by atoms with Crippen molar-refractivity contribution in [1.29, 1.82) is 0 Å². The van der Waals surface area contributed by atoms with Crippen LogP contribution in [-0.2, 0) is 19.9 Å². The summed E-state index contributed by atoms with van der Waals surface area (Å²) in [5, 5.41) is 3.19. The van der Waals surface area contributed by atoms with Gasteiger partial charge in [-0.05, 0) is 50.2 Å². The van der Waals surface area contributed by atoms with Crippen LogP contribution in [-0.4, -0.2) is 54.1 Å². The third-order valence-corrected chi connectivity index (χ3v) is 7.10. The van der Waals surface area contributed by atoms with E-state index in [1.165, 1.54) is 24.3 Å². The fraction of sp³-hybridized carbons (Fsp3) is 0.600. The smallest absolute Gasteiger partial charge is 0.240 e. The van der Waals surface area contributed by atoms with Gasteiger partial charge in [0.25, 0.3) is 0 Å². The highest BCUT2D eigenvalue weighted by Gasteiger charge is 2.21. The molecular formula is C15H24N2O5S2. The summed E-state index contributed by atoms with van der Waals surface area (Å²) < 4.78 is 55.5. The van der Waals surface area contributed by atoms with Crippen LogP contribution < -0.4 is 14.8 Å². The number of rotatable bonds is 8. The van der Waals surface area contributed by atoms with Crippen molar-refractivity contribution in [3.05, 3.63) is 24.3 Å². The molecule has 0 amide bonds. The normalized spacial score (nSPS) is 16.9. The van der Waals surface area contributed by atoms with Gasteiger partial charge in [-0.1, -0.05) is 6.92 Å². The lowest BCUT2D eigenvalue weighted by molar-refractivity contribution is 0.340. The van der Waals surface area contributed by atoms with Gasteiger partial charge in [-0.3, -0.25) is 0 Å². The standard InChI is InChI=1S/C15H24N2O5S2/c1-2-23(18,19)12-11-22-14-3-5-15(6-4-14)24(20,21)17-13-7-9-16-10-8-13/h3-6,13,16-17H,2,7-12H2,1H3. The van der Waals surface area contributed by atoms with Gasteiger partial charge in [0.2, 0.25) is 10.0 Å². The first-order chi connectivity index (χ1) is 11.3. The summed E-state index contributed by atoms with van der Waals surface area (Å²) in [7, 11) is -6.63. The Morgan fingerprint density at radius 1 is 1.12 bits per heavy atom. The highest BCUT2D eigenvalue weighted by Crippen LogP contribution is 2.17. The lowest BCUT2D eigenvalue weighted by Gasteiger charge is -2.23. The van der Waals surface area contributed by atoms with E-state index >= 15 is 0 Å². The molecule has 0 unspecified atom stereocenters. The average Bonchev–Trinajstić information content (AvgIpc) is 2.56. The molecule has 0 bridgehead atoms. The molecule has 24 heavy (non-hydrogen) atoms. The molecular weight excluding hydrogens is 352 g/mol. The first-order valence-electron chi connectivity index (χ1n) is 7.99. The van der Waals surface area contributed by atoms with Crippen molar-refractivity contribution in [2.24, 2.45) is 0 Å². The zero-order valence-corrected chi connectivity index (χ0v) is 15.3. The predicted molar refractivity (Wildman–Crippen MR) is 92.5 cm³/mol. The molecule has 2 N–H and O–H groups in total. The number of nitrogens with one attached hydrogen (secondary N) is 2. The number of piperidine rings is 1. The van der Waals surface area contributed by atoms with Crippen molar-refractivity contribution in [2.45, 2.75) is 30.7 Å². The highest BCUT2D eigenvalue weighted by molar-refractivity contribution is 7.91. The molecule has 0 spiro atoms. The molecule has 0 radical (unpaired) electrons. The summed E-state index contributed by atoms with van der Waals surface area (Å²) in [5.41, 5.74) is 0. The molecule has 2 rings (SSSR count). The Hall–Kier alpha value is -1.16. The van der Waals surface area contributed by atoms with Crippen LogP contribution in [0.1, 0.15) is 19.8 Å². The molecule has 1 saturated heterocycles. The predicted octanol–water partition coefficient (Wildman–Crippen LogP) is 0.530. The Bertz CT molecular complexity index is 724. The van der Waals surface area contributed by atoms with Gasteiger partial charge in [0.05, 0.1) is 10.6 Å². The zero-order chi connectivity index (χ0) is 17.6. The zero-order valence-electron chi connectivity index (χ0n) is 13.7. The first kappa shape index (κ1) is 19.2. The molecule has 0 atom stereocenters. The van der Waals surface area contributed by atoms with Crippen LogP contribution in [0, 0.1) is 0 Å². The van der Waals surface area contributed by atoms with Crippen LogP contribution in [0.4, 0.5) is 0 Å². The van der Waals surface area contributed by atoms with E-state index < -0.39 is 19.9 Å². The van der Waals surface area contributed by atoms with E-state index in [-0.39, 0.29) is 29.0 Å². The topological polar surface area (TPSA) is 102 Å². The Balaban J connectivity index is 1.92. The number of hydrogen-bond acceptors (Lipinski definition) is 6. The Kier molecular flexibility index (Phi) is 6.62. The number of sulfonamides is 1. The van der Waals surface area contributed by atoms with Crippen LogP contribution in [0.5, 0.6) is 5.75 Å². The molecule has 1 aromatic carbocycles. The minimum atomic E-state index is -3.55. The first-order valence-corrected chi connectivity index (χ1v) is 11.3. The van der Waals surface area contributed by atoms with Crippen LogP contribution in [0.2, 0.25) is 0 Å². The quantitative estimate of drug-likeness (QED) is 0.686. The molecule has 9 heteroatoms. The largest absolute Gasteiger partial charge is 0.493 e. The summed E-state index contributed by atoms with van der Waals surface area (Å²) in [4.78, 5) is 0.176. The Morgan fingerprint density at radius 2 is 1.75 bits per heavy atom. The molecule has 1 aliphatic rings. The number of ether oxygens (including phenoxy) is 1. The summed E-state index contributed by atoms with van der Waals surface area (Å²) in [6.07, 6.45) is 1.54. The fourth-order valence-electron chi connectivity index (χ4n) is 2.37. The lowest BCUT2D eigenvalue weighted by atomic mass is 10.1. The van der Waals surface area contributed by atoms with E-state index in [0.29, 0.717) is 5.75 Å².